The molecule has 2 aromatic heterocycles. The number of hydrogen-bond acceptors (Lipinski definition) is 2. The third kappa shape index (κ3) is 2.79. The van der Waals surface area contributed by atoms with Gasteiger partial charge in [0.15, 0.2) is 5.82 Å². The molecule has 0 atom stereocenters. The van der Waals surface area contributed by atoms with Crippen molar-refractivity contribution in [3.63, 3.8) is 0 Å². The van der Waals surface area contributed by atoms with Crippen molar-refractivity contribution in [2.45, 2.75) is 13.8 Å². The number of aromatic amines is 1. The van der Waals surface area contributed by atoms with Crippen LogP contribution in [-0.4, -0.2) is 20.6 Å². The van der Waals surface area contributed by atoms with Gasteiger partial charge in [-0.25, -0.2) is 9.98 Å². The zero-order valence-corrected chi connectivity index (χ0v) is 15.8. The predicted octanol–water partition coefficient (Wildman–Crippen LogP) is 5.85. The summed E-state index contributed by atoms with van der Waals surface area (Å²) in [6.45, 7) is 4.18. The number of nitrogens with one attached hydrogen (secondary N) is 1. The number of H-pyrrole nitrogens is 1. The molecule has 0 radical (unpaired) electrons. The molecule has 0 saturated heterocycles. The second kappa shape index (κ2) is 6.50. The van der Waals surface area contributed by atoms with Gasteiger partial charge in [0.25, 0.3) is 0 Å². The van der Waals surface area contributed by atoms with E-state index in [-0.39, 0.29) is 0 Å². The summed E-state index contributed by atoms with van der Waals surface area (Å²) < 4.78 is 2.10. The minimum atomic E-state index is 0.800. The number of fused-ring (bicyclic) bond motifs is 3. The Balaban J connectivity index is 1.76. The summed E-state index contributed by atoms with van der Waals surface area (Å²) in [6, 6.07) is 24.9. The van der Waals surface area contributed by atoms with E-state index in [9.17, 15) is 0 Å². The van der Waals surface area contributed by atoms with Gasteiger partial charge in [-0.05, 0) is 37.6 Å². The SMILES string of the molecule is Cc1cccc(/C=N/c2c(-c3cccc(C)c3)nc3[nH]c4ccccc4n23)c1. The van der Waals surface area contributed by atoms with Crippen molar-refractivity contribution in [3.05, 3.63) is 89.5 Å². The van der Waals surface area contributed by atoms with Gasteiger partial charge in [0.05, 0.1) is 11.0 Å². The van der Waals surface area contributed by atoms with Gasteiger partial charge < -0.3 is 4.98 Å². The van der Waals surface area contributed by atoms with E-state index in [4.69, 9.17) is 9.98 Å². The Labute approximate surface area is 163 Å². The van der Waals surface area contributed by atoms with Gasteiger partial charge in [0, 0.05) is 11.8 Å². The van der Waals surface area contributed by atoms with Crippen LogP contribution in [0.2, 0.25) is 0 Å². The van der Waals surface area contributed by atoms with E-state index in [1.807, 2.05) is 18.3 Å². The number of aromatic nitrogens is 3. The van der Waals surface area contributed by atoms with Crippen LogP contribution in [0.3, 0.4) is 0 Å². The summed E-state index contributed by atoms with van der Waals surface area (Å²) in [5.74, 6) is 1.63. The first-order valence-corrected chi connectivity index (χ1v) is 9.36. The normalized spacial score (nSPS) is 11.8. The van der Waals surface area contributed by atoms with Crippen molar-refractivity contribution >= 4 is 28.8 Å². The molecule has 0 aliphatic heterocycles. The number of nitrogens with zero attached hydrogens (tertiary/aromatic N) is 3. The van der Waals surface area contributed by atoms with Crippen LogP contribution >= 0.6 is 0 Å². The van der Waals surface area contributed by atoms with Crippen molar-refractivity contribution in [3.8, 4) is 11.3 Å². The molecule has 3 aromatic carbocycles. The molecular formula is C24H20N4. The van der Waals surface area contributed by atoms with Crippen LogP contribution in [0.25, 0.3) is 28.1 Å². The number of hydrogen-bond donors (Lipinski definition) is 1. The average Bonchev–Trinajstić information content (AvgIpc) is 3.22. The summed E-state index contributed by atoms with van der Waals surface area (Å²) >= 11 is 0. The predicted molar refractivity (Wildman–Crippen MR) is 116 cm³/mol. The quantitative estimate of drug-likeness (QED) is 0.401. The highest BCUT2D eigenvalue weighted by Gasteiger charge is 2.17. The third-order valence-corrected chi connectivity index (χ3v) is 4.91. The number of aliphatic imine (C=N–C) groups is 1. The third-order valence-electron chi connectivity index (χ3n) is 4.91. The Hall–Kier alpha value is -3.66. The van der Waals surface area contributed by atoms with Gasteiger partial charge >= 0.3 is 0 Å². The average molecular weight is 364 g/mol. The second-order valence-electron chi connectivity index (χ2n) is 7.13. The van der Waals surface area contributed by atoms with Gasteiger partial charge in [-0.15, -0.1) is 0 Å². The Morgan fingerprint density at radius 2 is 1.68 bits per heavy atom. The smallest absolute Gasteiger partial charge is 0.214 e. The van der Waals surface area contributed by atoms with Crippen LogP contribution in [0.4, 0.5) is 5.82 Å². The lowest BCUT2D eigenvalue weighted by atomic mass is 10.1. The molecule has 2 heterocycles. The van der Waals surface area contributed by atoms with E-state index in [2.05, 4.69) is 83.9 Å². The summed E-state index contributed by atoms with van der Waals surface area (Å²) in [5, 5.41) is 0. The lowest BCUT2D eigenvalue weighted by Crippen LogP contribution is -1.86. The lowest BCUT2D eigenvalue weighted by molar-refractivity contribution is 1.22. The maximum absolute atomic E-state index is 4.89. The molecule has 5 rings (SSSR count). The van der Waals surface area contributed by atoms with Crippen LogP contribution in [-0.2, 0) is 0 Å². The lowest BCUT2D eigenvalue weighted by Gasteiger charge is -2.02. The number of imidazole rings is 2. The highest BCUT2D eigenvalue weighted by atomic mass is 15.2. The van der Waals surface area contributed by atoms with E-state index in [0.29, 0.717) is 0 Å². The number of aryl methyl sites for hydroxylation is 2. The standard InChI is InChI=1S/C24H20N4/c1-16-7-5-9-18(13-16)15-25-23-22(19-10-6-8-17(2)14-19)27-24-26-20-11-3-4-12-21(20)28(23)24/h3-15H,1-2H3,(H,26,27)/b25-15+. The van der Waals surface area contributed by atoms with Crippen LogP contribution in [0, 0.1) is 13.8 Å². The van der Waals surface area contributed by atoms with Crippen molar-refractivity contribution in [1.82, 2.24) is 14.4 Å². The first-order chi connectivity index (χ1) is 13.7. The Morgan fingerprint density at radius 1 is 0.893 bits per heavy atom. The Bertz CT molecular complexity index is 1340. The molecule has 4 nitrogen and oxygen atoms in total. The van der Waals surface area contributed by atoms with E-state index in [1.165, 1.54) is 11.1 Å². The first kappa shape index (κ1) is 16.5. The molecule has 0 spiro atoms. The molecule has 28 heavy (non-hydrogen) atoms. The number of para-hydroxylation sites is 2. The summed E-state index contributed by atoms with van der Waals surface area (Å²) in [4.78, 5) is 13.2. The zero-order chi connectivity index (χ0) is 19.1. The van der Waals surface area contributed by atoms with Crippen LogP contribution in [0.15, 0.2) is 77.8 Å². The first-order valence-electron chi connectivity index (χ1n) is 9.36. The molecule has 0 saturated carbocycles. The van der Waals surface area contributed by atoms with Gasteiger partial charge in [-0.1, -0.05) is 65.7 Å². The van der Waals surface area contributed by atoms with E-state index < -0.39 is 0 Å². The van der Waals surface area contributed by atoms with Crippen molar-refractivity contribution < 1.29 is 0 Å². The van der Waals surface area contributed by atoms with Crippen molar-refractivity contribution in [2.24, 2.45) is 4.99 Å². The zero-order valence-electron chi connectivity index (χ0n) is 15.8. The highest BCUT2D eigenvalue weighted by Crippen LogP contribution is 2.34. The molecule has 0 aliphatic carbocycles. The van der Waals surface area contributed by atoms with Crippen LogP contribution in [0.1, 0.15) is 16.7 Å². The maximum atomic E-state index is 4.89. The summed E-state index contributed by atoms with van der Waals surface area (Å²) in [7, 11) is 0. The number of benzene rings is 3. The topological polar surface area (TPSA) is 45.5 Å². The molecular weight excluding hydrogens is 344 g/mol. The molecule has 0 amide bonds. The van der Waals surface area contributed by atoms with E-state index >= 15 is 0 Å². The molecule has 5 aromatic rings. The fourth-order valence-corrected chi connectivity index (χ4v) is 3.61. The molecule has 0 bridgehead atoms. The minimum Gasteiger partial charge on any atom is -0.323 e. The van der Waals surface area contributed by atoms with Crippen LogP contribution < -0.4 is 0 Å². The van der Waals surface area contributed by atoms with Gasteiger partial charge in [0.1, 0.15) is 5.69 Å². The fraction of sp³-hybridized carbons (Fsp3) is 0.0833. The van der Waals surface area contributed by atoms with Gasteiger partial charge in [-0.2, -0.15) is 0 Å². The van der Waals surface area contributed by atoms with E-state index in [0.717, 1.165) is 39.4 Å². The summed E-state index contributed by atoms with van der Waals surface area (Å²) in [5.41, 5.74) is 7.56. The highest BCUT2D eigenvalue weighted by molar-refractivity contribution is 5.89. The van der Waals surface area contributed by atoms with Gasteiger partial charge in [-0.3, -0.25) is 4.40 Å². The van der Waals surface area contributed by atoms with Crippen molar-refractivity contribution in [1.29, 1.82) is 0 Å². The minimum absolute atomic E-state index is 0.800. The van der Waals surface area contributed by atoms with Crippen LogP contribution in [0.5, 0.6) is 0 Å². The Kier molecular flexibility index (Phi) is 3.83. The molecule has 4 heteroatoms. The number of rotatable bonds is 3. The summed E-state index contributed by atoms with van der Waals surface area (Å²) in [6.07, 6.45) is 1.91. The molecule has 136 valence electrons. The molecule has 1 N–H and O–H groups in total. The molecule has 0 fully saturated rings. The maximum Gasteiger partial charge on any atom is 0.214 e. The molecule has 0 aliphatic rings. The second-order valence-corrected chi connectivity index (χ2v) is 7.13. The Morgan fingerprint density at radius 3 is 2.50 bits per heavy atom. The van der Waals surface area contributed by atoms with Crippen molar-refractivity contribution in [2.75, 3.05) is 0 Å². The molecule has 0 unspecified atom stereocenters. The van der Waals surface area contributed by atoms with E-state index in [1.54, 1.807) is 0 Å². The fourth-order valence-electron chi connectivity index (χ4n) is 3.61. The monoisotopic (exact) mass is 364 g/mol. The van der Waals surface area contributed by atoms with Gasteiger partial charge in [0.2, 0.25) is 5.78 Å². The largest absolute Gasteiger partial charge is 0.323 e.